The van der Waals surface area contributed by atoms with E-state index >= 15 is 0 Å². The molecule has 0 aromatic carbocycles. The molecule has 4 atom stereocenters. The molecule has 0 unspecified atom stereocenters. The molecule has 2 aromatic rings. The van der Waals surface area contributed by atoms with Crippen molar-refractivity contribution in [1.82, 2.24) is 14.9 Å². The van der Waals surface area contributed by atoms with Gasteiger partial charge in [-0.3, -0.25) is 19.2 Å². The molecule has 2 fully saturated rings. The Kier molecular flexibility index (Phi) is 11.1. The zero-order valence-electron chi connectivity index (χ0n) is 27.5. The Balaban J connectivity index is 1.58. The summed E-state index contributed by atoms with van der Waals surface area (Å²) in [6, 6.07) is 1.82. The van der Waals surface area contributed by atoms with Gasteiger partial charge in [0.25, 0.3) is 0 Å². The molecule has 1 N–H and O–H groups in total. The lowest BCUT2D eigenvalue weighted by molar-refractivity contribution is -0.142. The summed E-state index contributed by atoms with van der Waals surface area (Å²) in [5.74, 6) is -1.37. The second-order valence-corrected chi connectivity index (χ2v) is 15.9. The molecule has 11 heteroatoms. The Hall–Kier alpha value is -2.85. The lowest BCUT2D eigenvalue weighted by Crippen LogP contribution is -2.53. The smallest absolute Gasteiger partial charge is 0.246 e. The van der Waals surface area contributed by atoms with Crippen molar-refractivity contribution in [3.63, 3.8) is 0 Å². The van der Waals surface area contributed by atoms with Gasteiger partial charge in [0, 0.05) is 48.2 Å². The predicted octanol–water partition coefficient (Wildman–Crippen LogP) is 6.68. The highest BCUT2D eigenvalue weighted by molar-refractivity contribution is 7.13. The van der Waals surface area contributed by atoms with Gasteiger partial charge in [-0.2, -0.15) is 0 Å². The van der Waals surface area contributed by atoms with Gasteiger partial charge in [0.15, 0.2) is 16.7 Å². The summed E-state index contributed by atoms with van der Waals surface area (Å²) < 4.78 is 6.14. The third-order valence-electron chi connectivity index (χ3n) is 8.46. The molecule has 9 nitrogen and oxygen atoms in total. The quantitative estimate of drug-likeness (QED) is 0.223. The van der Waals surface area contributed by atoms with Crippen LogP contribution in [0.3, 0.4) is 0 Å². The number of pyridine rings is 1. The molecule has 1 aliphatic heterocycles. The van der Waals surface area contributed by atoms with E-state index in [4.69, 9.17) is 21.3 Å². The van der Waals surface area contributed by atoms with Crippen molar-refractivity contribution in [2.45, 2.75) is 117 Å². The summed E-state index contributed by atoms with van der Waals surface area (Å²) in [5, 5.41) is 6.47. The number of nitrogens with one attached hydrogen (secondary N) is 1. The number of anilines is 1. The number of Topliss-reactive ketones (excluding diaryl/α,β-unsaturated/α-hetero) is 3. The van der Waals surface area contributed by atoms with Crippen LogP contribution in [0.2, 0.25) is 5.02 Å². The standard InChI is InChI=1S/C34H47ClN4O5S/c1-8-9-21(29(42)26(41)14-20-10-11-20)15-25(40)24-16-23(44-28-13-12-22(35)17-36-28)18-39(24)31(43)30(34(5,6)7)38-32-37-27(19-45-32)33(2,3)4/h12-13,17,19-21,23-24,30H,8-11,14-16,18H2,1-7H3,(H,37,38)/t21-,23-,24+,30-/m1/s1. The number of hydrogen-bond donors (Lipinski definition) is 1. The number of halogens is 1. The Bertz CT molecular complexity index is 1380. The first-order valence-corrected chi connectivity index (χ1v) is 17.2. The van der Waals surface area contributed by atoms with Crippen molar-refractivity contribution >= 4 is 51.3 Å². The van der Waals surface area contributed by atoms with E-state index in [1.165, 1.54) is 17.5 Å². The van der Waals surface area contributed by atoms with Gasteiger partial charge in [0.1, 0.15) is 12.1 Å². The normalized spacial score (nSPS) is 20.0. The van der Waals surface area contributed by atoms with Gasteiger partial charge in [-0.05, 0) is 36.7 Å². The zero-order valence-corrected chi connectivity index (χ0v) is 29.1. The molecule has 0 radical (unpaired) electrons. The fourth-order valence-electron chi connectivity index (χ4n) is 5.62. The van der Waals surface area contributed by atoms with Gasteiger partial charge in [-0.15, -0.1) is 11.3 Å². The average Bonchev–Trinajstić information content (AvgIpc) is 3.46. The first-order chi connectivity index (χ1) is 21.1. The van der Waals surface area contributed by atoms with E-state index in [0.717, 1.165) is 18.5 Å². The number of aromatic nitrogens is 2. The predicted molar refractivity (Wildman–Crippen MR) is 177 cm³/mol. The largest absolute Gasteiger partial charge is 0.472 e. The Morgan fingerprint density at radius 2 is 1.84 bits per heavy atom. The molecular formula is C34H47ClN4O5S. The highest BCUT2D eigenvalue weighted by Crippen LogP contribution is 2.35. The molecule has 0 bridgehead atoms. The summed E-state index contributed by atoms with van der Waals surface area (Å²) in [6.45, 7) is 14.3. The van der Waals surface area contributed by atoms with Gasteiger partial charge >= 0.3 is 0 Å². The Morgan fingerprint density at radius 3 is 2.40 bits per heavy atom. The van der Waals surface area contributed by atoms with Crippen LogP contribution in [0.5, 0.6) is 5.88 Å². The highest BCUT2D eigenvalue weighted by Gasteiger charge is 2.46. The minimum absolute atomic E-state index is 0.0848. The number of rotatable bonds is 14. The van der Waals surface area contributed by atoms with Crippen molar-refractivity contribution in [3.8, 4) is 5.88 Å². The van der Waals surface area contributed by atoms with Crippen LogP contribution in [0.25, 0.3) is 0 Å². The molecule has 45 heavy (non-hydrogen) atoms. The number of hydrogen-bond acceptors (Lipinski definition) is 9. The summed E-state index contributed by atoms with van der Waals surface area (Å²) in [6.07, 6.45) is 4.47. The van der Waals surface area contributed by atoms with Crippen LogP contribution in [0.4, 0.5) is 5.13 Å². The van der Waals surface area contributed by atoms with Gasteiger partial charge in [0.05, 0.1) is 23.3 Å². The number of likely N-dealkylation sites (tertiary alicyclic amines) is 1. The van der Waals surface area contributed by atoms with Crippen molar-refractivity contribution < 1.29 is 23.9 Å². The van der Waals surface area contributed by atoms with Crippen LogP contribution >= 0.6 is 22.9 Å². The number of ketones is 3. The van der Waals surface area contributed by atoms with Gasteiger partial charge in [0.2, 0.25) is 17.6 Å². The molecule has 2 aromatic heterocycles. The molecule has 1 saturated heterocycles. The maximum absolute atomic E-state index is 14.4. The van der Waals surface area contributed by atoms with Crippen LogP contribution in [0, 0.1) is 17.3 Å². The Labute approximate surface area is 275 Å². The van der Waals surface area contributed by atoms with E-state index in [1.54, 1.807) is 17.0 Å². The molecule has 3 heterocycles. The molecule has 1 aliphatic carbocycles. The number of carbonyl (C=O) groups is 4. The number of nitrogens with zero attached hydrogens (tertiary/aromatic N) is 3. The molecule has 1 amide bonds. The van der Waals surface area contributed by atoms with Gasteiger partial charge in [-0.1, -0.05) is 66.5 Å². The zero-order chi connectivity index (χ0) is 33.1. The van der Waals surface area contributed by atoms with Crippen LogP contribution < -0.4 is 10.1 Å². The molecule has 0 spiro atoms. The van der Waals surface area contributed by atoms with Gasteiger partial charge in [-0.25, -0.2) is 9.97 Å². The summed E-state index contributed by atoms with van der Waals surface area (Å²) in [5.41, 5.74) is 0.262. The van der Waals surface area contributed by atoms with Gasteiger partial charge < -0.3 is 15.0 Å². The van der Waals surface area contributed by atoms with Crippen LogP contribution in [-0.4, -0.2) is 62.9 Å². The first kappa shape index (κ1) is 35.0. The van der Waals surface area contributed by atoms with Crippen molar-refractivity contribution in [2.75, 3.05) is 11.9 Å². The Morgan fingerprint density at radius 1 is 1.13 bits per heavy atom. The summed E-state index contributed by atoms with van der Waals surface area (Å²) >= 11 is 7.45. The van der Waals surface area contributed by atoms with Crippen LogP contribution in [0.1, 0.15) is 99.1 Å². The van der Waals surface area contributed by atoms with Crippen molar-refractivity contribution in [2.24, 2.45) is 17.3 Å². The average molecular weight is 659 g/mol. The molecular weight excluding hydrogens is 612 g/mol. The number of amides is 1. The molecule has 4 rings (SSSR count). The second-order valence-electron chi connectivity index (χ2n) is 14.6. The highest BCUT2D eigenvalue weighted by atomic mass is 35.5. The number of thiazole rings is 1. The number of carbonyl (C=O) groups excluding carboxylic acids is 4. The maximum Gasteiger partial charge on any atom is 0.246 e. The minimum Gasteiger partial charge on any atom is -0.472 e. The monoisotopic (exact) mass is 658 g/mol. The third-order valence-corrected chi connectivity index (χ3v) is 9.46. The fourth-order valence-corrected chi connectivity index (χ4v) is 6.70. The topological polar surface area (TPSA) is 119 Å². The third kappa shape index (κ3) is 9.35. The van der Waals surface area contributed by atoms with E-state index in [9.17, 15) is 19.2 Å². The lowest BCUT2D eigenvalue weighted by atomic mass is 9.85. The lowest BCUT2D eigenvalue weighted by Gasteiger charge is -2.35. The fraction of sp³-hybridized carbons (Fsp3) is 0.647. The van der Waals surface area contributed by atoms with E-state index < -0.39 is 35.3 Å². The number of ether oxygens (including phenoxy) is 1. The van der Waals surface area contributed by atoms with Crippen LogP contribution in [0.15, 0.2) is 23.7 Å². The first-order valence-electron chi connectivity index (χ1n) is 16.0. The van der Waals surface area contributed by atoms with Crippen molar-refractivity contribution in [1.29, 1.82) is 0 Å². The van der Waals surface area contributed by atoms with Crippen LogP contribution in [-0.2, 0) is 24.6 Å². The summed E-state index contributed by atoms with van der Waals surface area (Å²) in [4.78, 5) is 64.9. The van der Waals surface area contributed by atoms with E-state index in [0.29, 0.717) is 34.8 Å². The maximum atomic E-state index is 14.4. The second kappa shape index (κ2) is 14.3. The minimum atomic E-state index is -0.812. The SMILES string of the molecule is CCC[C@H](CC(=O)[C@@H]1C[C@@H](Oc2ccc(Cl)cn2)CN1C(=O)[C@@H](Nc1nc(C(C)(C)C)cs1)C(C)(C)C)C(=O)C(=O)CC1CC1. The van der Waals surface area contributed by atoms with Crippen molar-refractivity contribution in [3.05, 3.63) is 34.4 Å². The van der Waals surface area contributed by atoms with E-state index in [-0.39, 0.29) is 48.7 Å². The molecule has 2 aliphatic rings. The molecule has 1 saturated carbocycles. The summed E-state index contributed by atoms with van der Waals surface area (Å²) in [7, 11) is 0. The van der Waals surface area contributed by atoms with E-state index in [1.807, 2.05) is 33.1 Å². The van der Waals surface area contributed by atoms with E-state index in [2.05, 4.69) is 31.1 Å². The molecule has 246 valence electrons.